The average Bonchev–Trinajstić information content (AvgIpc) is 3.17. The second kappa shape index (κ2) is 7.62. The van der Waals surface area contributed by atoms with Gasteiger partial charge in [-0.2, -0.15) is 0 Å². The van der Waals surface area contributed by atoms with Crippen molar-refractivity contribution in [3.63, 3.8) is 0 Å². The van der Waals surface area contributed by atoms with Gasteiger partial charge >= 0.3 is 5.97 Å². The predicted molar refractivity (Wildman–Crippen MR) is 100 cm³/mol. The molecule has 0 unspecified atom stereocenters. The third kappa shape index (κ3) is 3.96. The number of nitrogens with one attached hydrogen (secondary N) is 2. The number of aromatic carboxylic acids is 1. The van der Waals surface area contributed by atoms with E-state index >= 15 is 0 Å². The van der Waals surface area contributed by atoms with E-state index in [9.17, 15) is 14.4 Å². The first-order valence-corrected chi connectivity index (χ1v) is 8.51. The summed E-state index contributed by atoms with van der Waals surface area (Å²) >= 11 is 1.30. The maximum Gasteiger partial charge on any atom is 0.335 e. The molecule has 1 heterocycles. The van der Waals surface area contributed by atoms with Crippen molar-refractivity contribution in [2.45, 2.75) is 0 Å². The molecule has 0 aliphatic heterocycles. The largest absolute Gasteiger partial charge is 0.478 e. The molecule has 2 aromatic carbocycles. The van der Waals surface area contributed by atoms with Crippen LogP contribution in [0.1, 0.15) is 30.4 Å². The molecule has 0 aliphatic rings. The van der Waals surface area contributed by atoms with Crippen molar-refractivity contribution < 1.29 is 19.5 Å². The van der Waals surface area contributed by atoms with E-state index in [0.717, 1.165) is 0 Å². The summed E-state index contributed by atoms with van der Waals surface area (Å²) < 4.78 is 0. The van der Waals surface area contributed by atoms with Gasteiger partial charge in [0.15, 0.2) is 0 Å². The summed E-state index contributed by atoms with van der Waals surface area (Å²) in [5.74, 6) is -1.83. The van der Waals surface area contributed by atoms with Crippen LogP contribution < -0.4 is 10.6 Å². The lowest BCUT2D eigenvalue weighted by atomic mass is 10.1. The fraction of sp³-hybridized carbons (Fsp3) is 0. The molecule has 3 rings (SSSR count). The molecule has 6 nitrogen and oxygen atoms in total. The van der Waals surface area contributed by atoms with E-state index in [2.05, 4.69) is 10.6 Å². The van der Waals surface area contributed by atoms with Crippen LogP contribution in [0.25, 0.3) is 0 Å². The highest BCUT2D eigenvalue weighted by molar-refractivity contribution is 7.12. The second-order valence-electron chi connectivity index (χ2n) is 5.32. The van der Waals surface area contributed by atoms with Gasteiger partial charge in [-0.3, -0.25) is 9.59 Å². The van der Waals surface area contributed by atoms with Crippen molar-refractivity contribution in [2.75, 3.05) is 10.6 Å². The third-order valence-corrected chi connectivity index (χ3v) is 4.40. The highest BCUT2D eigenvalue weighted by Crippen LogP contribution is 2.20. The smallest absolute Gasteiger partial charge is 0.335 e. The summed E-state index contributed by atoms with van der Waals surface area (Å²) in [5.41, 5.74) is 1.08. The second-order valence-corrected chi connectivity index (χ2v) is 6.26. The number of para-hydroxylation sites is 1. The van der Waals surface area contributed by atoms with Crippen LogP contribution in [0.5, 0.6) is 0 Å². The van der Waals surface area contributed by atoms with E-state index in [-0.39, 0.29) is 17.0 Å². The maximum atomic E-state index is 12.6. The van der Waals surface area contributed by atoms with E-state index in [1.54, 1.807) is 53.9 Å². The lowest BCUT2D eigenvalue weighted by Gasteiger charge is -2.11. The summed E-state index contributed by atoms with van der Waals surface area (Å²) in [6.07, 6.45) is 0. The average molecular weight is 366 g/mol. The zero-order valence-corrected chi connectivity index (χ0v) is 14.2. The summed E-state index contributed by atoms with van der Waals surface area (Å²) in [4.78, 5) is 36.4. The molecule has 1 aromatic heterocycles. The van der Waals surface area contributed by atoms with Gasteiger partial charge in [0.2, 0.25) is 0 Å². The molecule has 0 radical (unpaired) electrons. The van der Waals surface area contributed by atoms with E-state index in [4.69, 9.17) is 5.11 Å². The number of carboxylic acid groups (broad SMARTS) is 1. The van der Waals surface area contributed by atoms with Crippen molar-refractivity contribution in [3.8, 4) is 0 Å². The first kappa shape index (κ1) is 17.4. The topological polar surface area (TPSA) is 95.5 Å². The van der Waals surface area contributed by atoms with E-state index < -0.39 is 11.9 Å². The first-order chi connectivity index (χ1) is 12.5. The van der Waals surface area contributed by atoms with Gasteiger partial charge in [0.1, 0.15) is 0 Å². The molecule has 0 atom stereocenters. The van der Waals surface area contributed by atoms with Gasteiger partial charge in [0.25, 0.3) is 11.8 Å². The van der Waals surface area contributed by atoms with Crippen molar-refractivity contribution in [3.05, 3.63) is 82.0 Å². The van der Waals surface area contributed by atoms with Gasteiger partial charge in [0, 0.05) is 5.69 Å². The molecule has 0 aliphatic carbocycles. The summed E-state index contributed by atoms with van der Waals surface area (Å²) in [5, 5.41) is 16.2. The zero-order valence-electron chi connectivity index (χ0n) is 13.4. The van der Waals surface area contributed by atoms with Crippen molar-refractivity contribution in [1.29, 1.82) is 0 Å². The van der Waals surface area contributed by atoms with Gasteiger partial charge in [-0.25, -0.2) is 4.79 Å². The lowest BCUT2D eigenvalue weighted by Crippen LogP contribution is -2.17. The fourth-order valence-electron chi connectivity index (χ4n) is 2.31. The van der Waals surface area contributed by atoms with Crippen LogP contribution in [0.3, 0.4) is 0 Å². The number of carboxylic acids is 1. The monoisotopic (exact) mass is 366 g/mol. The van der Waals surface area contributed by atoms with Crippen molar-refractivity contribution in [2.24, 2.45) is 0 Å². The van der Waals surface area contributed by atoms with E-state index in [1.807, 2.05) is 0 Å². The minimum Gasteiger partial charge on any atom is -0.478 e. The molecule has 7 heteroatoms. The minimum atomic E-state index is -1.08. The van der Waals surface area contributed by atoms with Crippen LogP contribution in [0, 0.1) is 0 Å². The third-order valence-electron chi connectivity index (χ3n) is 3.53. The number of amides is 2. The standard InChI is InChI=1S/C19H14N2O4S/c22-17(20-13-6-3-5-12(11-13)19(24)25)14-7-1-2-8-15(14)21-18(23)16-9-4-10-26-16/h1-11H,(H,20,22)(H,21,23)(H,24,25). The maximum absolute atomic E-state index is 12.6. The first-order valence-electron chi connectivity index (χ1n) is 7.63. The van der Waals surface area contributed by atoms with Crippen molar-refractivity contribution in [1.82, 2.24) is 0 Å². The Balaban J connectivity index is 1.81. The summed E-state index contributed by atoms with van der Waals surface area (Å²) in [6.45, 7) is 0. The lowest BCUT2D eigenvalue weighted by molar-refractivity contribution is 0.0696. The van der Waals surface area contributed by atoms with E-state index in [1.165, 1.54) is 23.5 Å². The van der Waals surface area contributed by atoms with Gasteiger partial charge in [0.05, 0.1) is 21.7 Å². The molecular weight excluding hydrogens is 352 g/mol. The number of anilines is 2. The van der Waals surface area contributed by atoms with Crippen molar-refractivity contribution >= 4 is 40.5 Å². The Morgan fingerprint density at radius 3 is 2.38 bits per heavy atom. The Kier molecular flexibility index (Phi) is 5.09. The van der Waals surface area contributed by atoms with Crippen LogP contribution in [0.2, 0.25) is 0 Å². The molecule has 3 N–H and O–H groups in total. The Labute approximate surface area is 153 Å². The quantitative estimate of drug-likeness (QED) is 0.637. The molecule has 2 amide bonds. The number of thiophene rings is 1. The molecule has 0 bridgehead atoms. The molecule has 26 heavy (non-hydrogen) atoms. The summed E-state index contributed by atoms with van der Waals surface area (Å²) in [7, 11) is 0. The van der Waals surface area contributed by atoms with Crippen LogP contribution in [-0.4, -0.2) is 22.9 Å². The highest BCUT2D eigenvalue weighted by Gasteiger charge is 2.15. The van der Waals surface area contributed by atoms with Crippen LogP contribution in [-0.2, 0) is 0 Å². The zero-order chi connectivity index (χ0) is 18.5. The number of hydrogen-bond acceptors (Lipinski definition) is 4. The van der Waals surface area contributed by atoms with Gasteiger partial charge < -0.3 is 15.7 Å². The molecule has 3 aromatic rings. The van der Waals surface area contributed by atoms with Gasteiger partial charge in [-0.15, -0.1) is 11.3 Å². The number of rotatable bonds is 5. The van der Waals surface area contributed by atoms with E-state index in [0.29, 0.717) is 16.3 Å². The van der Waals surface area contributed by atoms with Crippen LogP contribution >= 0.6 is 11.3 Å². The molecule has 0 spiro atoms. The summed E-state index contributed by atoms with van der Waals surface area (Å²) in [6, 6.07) is 16.0. The molecule has 130 valence electrons. The van der Waals surface area contributed by atoms with Crippen LogP contribution in [0.15, 0.2) is 66.0 Å². The Morgan fingerprint density at radius 2 is 1.65 bits per heavy atom. The Bertz CT molecular complexity index is 967. The molecule has 0 saturated carbocycles. The van der Waals surface area contributed by atoms with Crippen LogP contribution in [0.4, 0.5) is 11.4 Å². The minimum absolute atomic E-state index is 0.0714. The Hall–Kier alpha value is -3.45. The molecular formula is C19H14N2O4S. The Morgan fingerprint density at radius 1 is 0.846 bits per heavy atom. The number of carbonyl (C=O) groups excluding carboxylic acids is 2. The molecule has 0 fully saturated rings. The van der Waals surface area contributed by atoms with Gasteiger partial charge in [-0.05, 0) is 41.8 Å². The predicted octanol–water partition coefficient (Wildman–Crippen LogP) is 3.95. The number of benzene rings is 2. The highest BCUT2D eigenvalue weighted by atomic mass is 32.1. The number of carbonyl (C=O) groups is 3. The molecule has 0 saturated heterocycles. The SMILES string of the molecule is O=C(O)c1cccc(NC(=O)c2ccccc2NC(=O)c2cccs2)c1. The number of hydrogen-bond donors (Lipinski definition) is 3. The van der Waals surface area contributed by atoms with Gasteiger partial charge in [-0.1, -0.05) is 24.3 Å². The fourth-order valence-corrected chi connectivity index (χ4v) is 2.93. The normalized spacial score (nSPS) is 10.2.